The molecule has 0 radical (unpaired) electrons. The number of carbonyl (C=O) groups is 2. The van der Waals surface area contributed by atoms with Crippen molar-refractivity contribution in [2.24, 2.45) is 5.92 Å². The van der Waals surface area contributed by atoms with Gasteiger partial charge in [-0.3, -0.25) is 0 Å². The number of hydrogen-bond donors (Lipinski definition) is 1. The van der Waals surface area contributed by atoms with Gasteiger partial charge in [0.25, 0.3) is 0 Å². The fourth-order valence-corrected chi connectivity index (χ4v) is 8.74. The Hall–Kier alpha value is -3.22. The van der Waals surface area contributed by atoms with Crippen molar-refractivity contribution in [1.82, 2.24) is 14.9 Å². The van der Waals surface area contributed by atoms with Crippen molar-refractivity contribution in [1.29, 1.82) is 0 Å². The molecule has 44 heavy (non-hydrogen) atoms. The molecule has 0 atom stereocenters. The molecule has 0 saturated carbocycles. The Bertz CT molecular complexity index is 1630. The number of piperidine rings is 1. The van der Waals surface area contributed by atoms with Gasteiger partial charge in [-0.15, -0.1) is 0 Å². The first kappa shape index (κ1) is 29.5. The summed E-state index contributed by atoms with van der Waals surface area (Å²) in [5.74, 6) is 1.98. The molecule has 1 aromatic heterocycles. The number of carbonyl (C=O) groups excluding carboxylic acids is 2. The molecular weight excluding hydrogens is 689 g/mol. The van der Waals surface area contributed by atoms with Crippen LogP contribution in [0, 0.1) is 5.92 Å². The molecule has 7 rings (SSSR count). The first-order chi connectivity index (χ1) is 21.3. The third-order valence-electron chi connectivity index (χ3n) is 9.34. The van der Waals surface area contributed by atoms with E-state index in [1.807, 2.05) is 18.2 Å². The summed E-state index contributed by atoms with van der Waals surface area (Å²) in [7, 11) is 2.07. The second kappa shape index (κ2) is 12.3. The number of aromatic nitrogens is 2. The van der Waals surface area contributed by atoms with Crippen LogP contribution in [0.25, 0.3) is 0 Å². The van der Waals surface area contributed by atoms with Crippen LogP contribution in [-0.2, 0) is 6.42 Å². The smallest absolute Gasteiger partial charge is 0.349 e. The molecule has 2 aromatic carbocycles. The van der Waals surface area contributed by atoms with E-state index in [9.17, 15) is 9.59 Å². The molecule has 4 aliphatic rings. The van der Waals surface area contributed by atoms with Crippen molar-refractivity contribution in [2.45, 2.75) is 25.7 Å². The molecule has 0 spiro atoms. The number of piperazine rings is 1. The number of fused-ring (bicyclic) bond motifs is 2. The Morgan fingerprint density at radius 2 is 1.73 bits per heavy atom. The number of benzene rings is 2. The normalized spacial score (nSPS) is 19.6. The summed E-state index contributed by atoms with van der Waals surface area (Å²) in [5.41, 5.74) is 6.94. The van der Waals surface area contributed by atoms with Gasteiger partial charge in [-0.1, -0.05) is 18.2 Å². The number of nitrogens with one attached hydrogen (secondary N) is 1. The fourth-order valence-electron chi connectivity index (χ4n) is 6.65. The van der Waals surface area contributed by atoms with E-state index in [4.69, 9.17) is 16.6 Å². The zero-order valence-corrected chi connectivity index (χ0v) is 27.8. The molecule has 9 nitrogen and oxygen atoms in total. The van der Waals surface area contributed by atoms with Crippen LogP contribution in [-0.4, -0.2) is 75.3 Å². The standard InChI is InChI=1S/C33H36ClIN7O2/c1-21-3-4-23-17-24(5-8-29(23)39(21)2)37-32-28(34)19-36-33(38-32)42-15-13-40(14-16-42)20-22-9-11-41(12-10-22)25-6-7-26-27(18-25)31(44)35-30(26)43/h5-8,17-19,22H,1,3-4,9-16,20H2,2H3,(H,36,37,38)/q-1. The van der Waals surface area contributed by atoms with Gasteiger partial charge in [0.1, 0.15) is 5.02 Å². The van der Waals surface area contributed by atoms with Crippen molar-refractivity contribution in [3.8, 4) is 0 Å². The van der Waals surface area contributed by atoms with Crippen LogP contribution in [0.15, 0.2) is 54.9 Å². The molecule has 0 amide bonds. The molecule has 0 bridgehead atoms. The molecule has 5 heterocycles. The fraction of sp³-hybridized carbons (Fsp3) is 0.394. The van der Waals surface area contributed by atoms with Crippen LogP contribution < -0.4 is 41.2 Å². The van der Waals surface area contributed by atoms with Gasteiger partial charge in [0.2, 0.25) is 5.95 Å². The van der Waals surface area contributed by atoms with E-state index in [0.717, 1.165) is 88.6 Å². The molecule has 4 aliphatic heterocycles. The van der Waals surface area contributed by atoms with Crippen molar-refractivity contribution < 1.29 is 30.8 Å². The molecule has 11 heteroatoms. The van der Waals surface area contributed by atoms with Crippen molar-refractivity contribution in [3.05, 3.63) is 76.6 Å². The van der Waals surface area contributed by atoms with E-state index in [1.54, 1.807) is 6.20 Å². The minimum atomic E-state index is -1.03. The minimum Gasteiger partial charge on any atom is -0.349 e. The zero-order chi connectivity index (χ0) is 30.4. The summed E-state index contributed by atoms with van der Waals surface area (Å²) in [4.78, 5) is 43.0. The second-order valence-electron chi connectivity index (χ2n) is 12.1. The summed E-state index contributed by atoms with van der Waals surface area (Å²) < 4.78 is 0.116. The molecular formula is C33H36ClIN7O2-. The predicted octanol–water partition coefficient (Wildman–Crippen LogP) is 2.19. The Balaban J connectivity index is 0.916. The van der Waals surface area contributed by atoms with Crippen LogP contribution in [0.3, 0.4) is 0 Å². The van der Waals surface area contributed by atoms with Gasteiger partial charge in [0.15, 0.2) is 5.82 Å². The maximum absolute atomic E-state index is 12.2. The summed E-state index contributed by atoms with van der Waals surface area (Å²) in [6.45, 7) is 10.9. The van der Waals surface area contributed by atoms with Crippen molar-refractivity contribution in [3.63, 3.8) is 0 Å². The van der Waals surface area contributed by atoms with Gasteiger partial charge in [-0.05, 0) is 36.6 Å². The number of allylic oxidation sites excluding steroid dienone is 1. The van der Waals surface area contributed by atoms with E-state index in [-0.39, 0.29) is 7.58 Å². The van der Waals surface area contributed by atoms with E-state index in [2.05, 4.69) is 61.7 Å². The van der Waals surface area contributed by atoms with E-state index >= 15 is 0 Å². The third-order valence-corrected chi connectivity index (χ3v) is 11.8. The van der Waals surface area contributed by atoms with Crippen LogP contribution >= 0.6 is 11.6 Å². The van der Waals surface area contributed by atoms with Crippen LogP contribution in [0.4, 0.5) is 28.8 Å². The van der Waals surface area contributed by atoms with Gasteiger partial charge in [-0.25, -0.2) is 4.98 Å². The first-order valence-electron chi connectivity index (χ1n) is 15.3. The molecule has 1 N–H and O–H groups in total. The molecule has 2 saturated heterocycles. The van der Waals surface area contributed by atoms with E-state index in [0.29, 0.717) is 33.8 Å². The zero-order valence-electron chi connectivity index (χ0n) is 24.9. The van der Waals surface area contributed by atoms with Crippen molar-refractivity contribution >= 4 is 48.0 Å². The van der Waals surface area contributed by atoms with Crippen LogP contribution in [0.1, 0.15) is 45.5 Å². The summed E-state index contributed by atoms with van der Waals surface area (Å²) >= 11 is 5.50. The number of rotatable bonds is 6. The number of hydrogen-bond acceptors (Lipinski definition) is 9. The van der Waals surface area contributed by atoms with Gasteiger partial charge in [0, 0.05) is 24.1 Å². The van der Waals surface area contributed by atoms with Gasteiger partial charge in [0.05, 0.1) is 6.20 Å². The molecule has 3 aromatic rings. The summed E-state index contributed by atoms with van der Waals surface area (Å²) in [6, 6.07) is 12.2. The Labute approximate surface area is 273 Å². The maximum atomic E-state index is 12.2. The number of aryl methyl sites for hydroxylation is 1. The van der Waals surface area contributed by atoms with Crippen molar-refractivity contribution in [2.75, 3.05) is 72.9 Å². The quantitative estimate of drug-likeness (QED) is 0.304. The topological polar surface area (TPSA) is 84.9 Å². The second-order valence-corrected chi connectivity index (χ2v) is 15.0. The number of nitrogens with zero attached hydrogens (tertiary/aromatic N) is 6. The monoisotopic (exact) mass is 724 g/mol. The van der Waals surface area contributed by atoms with Crippen LogP contribution in [0.2, 0.25) is 5.02 Å². The average molecular weight is 725 g/mol. The molecule has 2 fully saturated rings. The predicted molar refractivity (Wildman–Crippen MR) is 171 cm³/mol. The van der Waals surface area contributed by atoms with Gasteiger partial charge < -0.3 is 15.1 Å². The number of anilines is 5. The van der Waals surface area contributed by atoms with Gasteiger partial charge >= 0.3 is 148 Å². The minimum absolute atomic E-state index is 0.0553. The third kappa shape index (κ3) is 5.91. The van der Waals surface area contributed by atoms with E-state index < -0.39 is 21.2 Å². The van der Waals surface area contributed by atoms with Gasteiger partial charge in [-0.2, -0.15) is 4.98 Å². The summed E-state index contributed by atoms with van der Waals surface area (Å²) in [6.07, 6.45) is 5.87. The summed E-state index contributed by atoms with van der Waals surface area (Å²) in [5, 5.41) is 3.93. The Morgan fingerprint density at radius 1 is 0.955 bits per heavy atom. The average Bonchev–Trinajstić information content (AvgIpc) is 3.33. The Morgan fingerprint density at radius 3 is 2.52 bits per heavy atom. The van der Waals surface area contributed by atoms with Crippen LogP contribution in [0.5, 0.6) is 0 Å². The van der Waals surface area contributed by atoms with E-state index in [1.165, 1.54) is 11.3 Å². The molecule has 0 aliphatic carbocycles. The molecule has 230 valence electrons. The number of halogens is 2. The first-order valence-corrected chi connectivity index (χ1v) is 17.8. The molecule has 0 unspecified atom stereocenters. The SMILES string of the molecule is C=C1CCc2cc(Nc3nc(N4CCN(CC5CCN(c6ccc7c(c6)C(=O)[I-]C7=O)CC5)CC4)ncc3Cl)ccc2N1C. The Kier molecular flexibility index (Phi) is 8.23.